The summed E-state index contributed by atoms with van der Waals surface area (Å²) in [5.41, 5.74) is 5.39. The molecule has 0 aliphatic heterocycles. The molecular weight excluding hydrogens is 264 g/mol. The fourth-order valence-electron chi connectivity index (χ4n) is 1.31. The first kappa shape index (κ1) is 13.9. The number of sulfonamides is 1. The van der Waals surface area contributed by atoms with Crippen LogP contribution in [-0.4, -0.2) is 39.3 Å². The van der Waals surface area contributed by atoms with Crippen molar-refractivity contribution in [2.45, 2.75) is 31.6 Å². The van der Waals surface area contributed by atoms with Crippen LogP contribution in [-0.2, 0) is 10.0 Å². The van der Waals surface area contributed by atoms with Gasteiger partial charge < -0.3 is 5.73 Å². The van der Waals surface area contributed by atoms with E-state index in [9.17, 15) is 8.42 Å². The lowest BCUT2D eigenvalue weighted by molar-refractivity contribution is 0.553. The number of tetrazole rings is 1. The van der Waals surface area contributed by atoms with Crippen molar-refractivity contribution in [2.24, 2.45) is 5.73 Å². The van der Waals surface area contributed by atoms with Crippen molar-refractivity contribution in [1.29, 1.82) is 0 Å². The van der Waals surface area contributed by atoms with Gasteiger partial charge in [-0.1, -0.05) is 24.4 Å². The highest BCUT2D eigenvalue weighted by Crippen LogP contribution is 2.11. The van der Waals surface area contributed by atoms with E-state index in [1.165, 1.54) is 0 Å². The Kier molecular flexibility index (Phi) is 4.48. The minimum Gasteiger partial charge on any atom is -0.392 e. The maximum Gasteiger partial charge on any atom is 0.221 e. The Bertz CT molecular complexity index is 471. The molecule has 2 atom stereocenters. The van der Waals surface area contributed by atoms with Gasteiger partial charge in [-0.15, -0.1) is 10.2 Å². The summed E-state index contributed by atoms with van der Waals surface area (Å²) in [6, 6.07) is -0.595. The van der Waals surface area contributed by atoms with E-state index in [1.807, 2.05) is 0 Å². The molecule has 0 radical (unpaired) electrons. The van der Waals surface area contributed by atoms with E-state index in [0.717, 1.165) is 0 Å². The second-order valence-corrected chi connectivity index (χ2v) is 5.82. The summed E-state index contributed by atoms with van der Waals surface area (Å²) in [5.74, 6) is 0.256. The molecule has 0 saturated carbocycles. The summed E-state index contributed by atoms with van der Waals surface area (Å²) in [6.45, 7) is 3.30. The largest absolute Gasteiger partial charge is 0.392 e. The second-order valence-electron chi connectivity index (χ2n) is 3.45. The van der Waals surface area contributed by atoms with Crippen LogP contribution in [0.4, 0.5) is 0 Å². The Morgan fingerprint density at radius 3 is 2.71 bits per heavy atom. The van der Waals surface area contributed by atoms with E-state index in [-0.39, 0.29) is 10.8 Å². The average molecular weight is 278 g/mol. The lowest BCUT2D eigenvalue weighted by atomic mass is 10.3. The monoisotopic (exact) mass is 278 g/mol. The van der Waals surface area contributed by atoms with Crippen LogP contribution in [0, 0.1) is 0 Å². The third-order valence-corrected chi connectivity index (χ3v) is 4.60. The number of aromatic amines is 1. The number of hydrogen-bond acceptors (Lipinski definition) is 6. The van der Waals surface area contributed by atoms with Crippen molar-refractivity contribution >= 4 is 27.2 Å². The molecule has 2 unspecified atom stereocenters. The van der Waals surface area contributed by atoms with Crippen LogP contribution in [0.15, 0.2) is 0 Å². The van der Waals surface area contributed by atoms with Gasteiger partial charge in [0.15, 0.2) is 5.82 Å². The van der Waals surface area contributed by atoms with E-state index in [4.69, 9.17) is 18.0 Å². The highest BCUT2D eigenvalue weighted by molar-refractivity contribution is 7.93. The maximum atomic E-state index is 11.9. The van der Waals surface area contributed by atoms with Gasteiger partial charge in [-0.2, -0.15) is 5.21 Å². The third-order valence-electron chi connectivity index (χ3n) is 2.15. The first-order valence-electron chi connectivity index (χ1n) is 4.92. The normalized spacial score (nSPS) is 15.4. The van der Waals surface area contributed by atoms with E-state index < -0.39 is 21.3 Å². The molecule has 4 N–H and O–H groups in total. The number of hydrogen-bond donors (Lipinski definition) is 3. The second kappa shape index (κ2) is 5.47. The fourth-order valence-corrected chi connectivity index (χ4v) is 3.36. The Morgan fingerprint density at radius 2 is 2.29 bits per heavy atom. The number of thiocarbonyl (C=S) groups is 1. The van der Waals surface area contributed by atoms with Gasteiger partial charge in [0.05, 0.1) is 11.0 Å². The Morgan fingerprint density at radius 1 is 1.65 bits per heavy atom. The molecule has 0 aliphatic carbocycles. The van der Waals surface area contributed by atoms with E-state index >= 15 is 0 Å². The van der Waals surface area contributed by atoms with Crippen molar-refractivity contribution in [3.05, 3.63) is 5.82 Å². The van der Waals surface area contributed by atoms with E-state index in [0.29, 0.717) is 6.42 Å². The summed E-state index contributed by atoms with van der Waals surface area (Å²) in [7, 11) is -3.63. The zero-order valence-electron chi connectivity index (χ0n) is 9.41. The lowest BCUT2D eigenvalue weighted by Crippen LogP contribution is -2.42. The molecule has 8 nitrogen and oxygen atoms in total. The number of nitrogens with one attached hydrogen (secondary N) is 2. The molecule has 0 aromatic carbocycles. The first-order valence-corrected chi connectivity index (χ1v) is 6.87. The van der Waals surface area contributed by atoms with Crippen LogP contribution in [0.3, 0.4) is 0 Å². The number of rotatable bonds is 6. The van der Waals surface area contributed by atoms with Gasteiger partial charge in [-0.25, -0.2) is 13.1 Å². The Balaban J connectivity index is 2.83. The molecule has 0 spiro atoms. The fraction of sp³-hybridized carbons (Fsp3) is 0.714. The average Bonchev–Trinajstić information content (AvgIpc) is 2.68. The van der Waals surface area contributed by atoms with Crippen molar-refractivity contribution in [1.82, 2.24) is 25.3 Å². The van der Waals surface area contributed by atoms with Crippen molar-refractivity contribution in [3.63, 3.8) is 0 Å². The van der Waals surface area contributed by atoms with Gasteiger partial charge in [0, 0.05) is 0 Å². The van der Waals surface area contributed by atoms with Gasteiger partial charge in [0.25, 0.3) is 0 Å². The highest BCUT2D eigenvalue weighted by atomic mass is 32.2. The molecule has 96 valence electrons. The molecule has 1 aromatic heterocycles. The van der Waals surface area contributed by atoms with Crippen LogP contribution in [0.1, 0.15) is 32.1 Å². The number of H-pyrrole nitrogens is 1. The predicted molar refractivity (Wildman–Crippen MR) is 65.5 cm³/mol. The SMILES string of the molecule is CCC(C(N)=S)S(=O)(=O)NC(C)c1nn[nH]n1. The molecule has 1 aromatic rings. The molecule has 1 heterocycles. The maximum absolute atomic E-state index is 11.9. The topological polar surface area (TPSA) is 127 Å². The molecular formula is C7H14N6O2S2. The molecule has 0 bridgehead atoms. The van der Waals surface area contributed by atoms with E-state index in [1.54, 1.807) is 13.8 Å². The van der Waals surface area contributed by atoms with Gasteiger partial charge in [-0.3, -0.25) is 0 Å². The standard InChI is InChI=1S/C7H14N6O2S2/c1-3-5(6(8)16)17(14,15)11-4(2)7-9-12-13-10-7/h4-5,11H,3H2,1-2H3,(H2,8,16)(H,9,10,12,13). The number of nitrogens with zero attached hydrogens (tertiary/aromatic N) is 3. The highest BCUT2D eigenvalue weighted by Gasteiger charge is 2.29. The van der Waals surface area contributed by atoms with Crippen LogP contribution in [0.25, 0.3) is 0 Å². The summed E-state index contributed by atoms with van der Waals surface area (Å²) in [6.07, 6.45) is 0.309. The van der Waals surface area contributed by atoms with Crippen LogP contribution < -0.4 is 10.5 Å². The smallest absolute Gasteiger partial charge is 0.221 e. The lowest BCUT2D eigenvalue weighted by Gasteiger charge is -2.17. The minimum atomic E-state index is -3.63. The van der Waals surface area contributed by atoms with Gasteiger partial charge in [0.2, 0.25) is 10.0 Å². The third kappa shape index (κ3) is 3.41. The molecule has 10 heteroatoms. The summed E-state index contributed by atoms with van der Waals surface area (Å²) >= 11 is 4.73. The van der Waals surface area contributed by atoms with E-state index in [2.05, 4.69) is 25.3 Å². The van der Waals surface area contributed by atoms with Gasteiger partial charge in [0.1, 0.15) is 5.25 Å². The van der Waals surface area contributed by atoms with Crippen molar-refractivity contribution in [3.8, 4) is 0 Å². The quantitative estimate of drug-likeness (QED) is 0.584. The molecule has 0 amide bonds. The summed E-state index contributed by atoms with van der Waals surface area (Å²) in [5, 5.41) is 12.1. The molecule has 0 fully saturated rings. The van der Waals surface area contributed by atoms with Crippen LogP contribution in [0.2, 0.25) is 0 Å². The van der Waals surface area contributed by atoms with Crippen LogP contribution >= 0.6 is 12.2 Å². The summed E-state index contributed by atoms with van der Waals surface area (Å²) in [4.78, 5) is -0.0553. The molecule has 17 heavy (non-hydrogen) atoms. The number of nitrogens with two attached hydrogens (primary N) is 1. The molecule has 1 rings (SSSR count). The first-order chi connectivity index (χ1) is 7.88. The predicted octanol–water partition coefficient (Wildman–Crippen LogP) is -0.755. The Hall–Kier alpha value is -1.13. The molecule has 0 saturated heterocycles. The zero-order valence-corrected chi connectivity index (χ0v) is 11.0. The zero-order chi connectivity index (χ0) is 13.1. The van der Waals surface area contributed by atoms with Crippen LogP contribution in [0.5, 0.6) is 0 Å². The summed E-state index contributed by atoms with van der Waals surface area (Å²) < 4.78 is 26.3. The van der Waals surface area contributed by atoms with Gasteiger partial charge >= 0.3 is 0 Å². The van der Waals surface area contributed by atoms with Gasteiger partial charge in [-0.05, 0) is 13.3 Å². The molecule has 0 aliphatic rings. The van der Waals surface area contributed by atoms with Crippen molar-refractivity contribution < 1.29 is 8.42 Å². The van der Waals surface area contributed by atoms with Crippen molar-refractivity contribution in [2.75, 3.05) is 0 Å². The Labute approximate surface area is 104 Å². The number of aromatic nitrogens is 4. The minimum absolute atomic E-state index is 0.0553.